The molecule has 2 aromatic heterocycles. The molecule has 0 aliphatic carbocycles. The van der Waals surface area contributed by atoms with Crippen LogP contribution in [-0.4, -0.2) is 51.2 Å². The van der Waals surface area contributed by atoms with Gasteiger partial charge in [-0.1, -0.05) is 47.6 Å². The molecule has 4 N–H and O–H groups in total. The van der Waals surface area contributed by atoms with Gasteiger partial charge in [-0.15, -0.1) is 11.3 Å². The Morgan fingerprint density at radius 1 is 1.08 bits per heavy atom. The molecule has 1 atom stereocenters. The lowest BCUT2D eigenvalue weighted by Crippen LogP contribution is -2.42. The molecule has 0 amide bonds. The van der Waals surface area contributed by atoms with Crippen molar-refractivity contribution in [3.05, 3.63) is 83.8 Å². The zero-order chi connectivity index (χ0) is 26.0. The number of carboxylic acid groups (broad SMARTS) is 2. The highest BCUT2D eigenvalue weighted by atomic mass is 32.1. The second kappa shape index (κ2) is 12.6. The van der Waals surface area contributed by atoms with Gasteiger partial charge in [0.25, 0.3) is 0 Å². The molecule has 0 aliphatic heterocycles. The number of fused-ring (bicyclic) bond motifs is 1. The lowest BCUT2D eigenvalue weighted by atomic mass is 10.1. The summed E-state index contributed by atoms with van der Waals surface area (Å²) < 4.78 is 12.2. The highest BCUT2D eigenvalue weighted by molar-refractivity contribution is 7.17. The number of benzene rings is 2. The molecular weight excluding hydrogens is 484 g/mol. The quantitative estimate of drug-likeness (QED) is 0.231. The van der Waals surface area contributed by atoms with Crippen LogP contribution in [0, 0.1) is 0 Å². The first-order valence-corrected chi connectivity index (χ1v) is 11.8. The van der Waals surface area contributed by atoms with Gasteiger partial charge in [-0.3, -0.25) is 0 Å². The van der Waals surface area contributed by atoms with Crippen LogP contribution in [-0.2, 0) is 16.1 Å². The number of aliphatic carboxylic acids is 2. The van der Waals surface area contributed by atoms with E-state index in [0.29, 0.717) is 31.0 Å². The van der Waals surface area contributed by atoms with Crippen molar-refractivity contribution < 1.29 is 34.2 Å². The third-order valence-electron chi connectivity index (χ3n) is 4.78. The number of aromatic nitrogens is 1. The number of hydrogen-bond acceptors (Lipinski definition) is 8. The van der Waals surface area contributed by atoms with Gasteiger partial charge in [0.15, 0.2) is 5.58 Å². The Morgan fingerprint density at radius 2 is 1.81 bits per heavy atom. The zero-order valence-electron chi connectivity index (χ0n) is 19.5. The summed E-state index contributed by atoms with van der Waals surface area (Å²) in [5.41, 5.74) is 2.73. The molecule has 9 nitrogen and oxygen atoms in total. The Morgan fingerprint density at radius 3 is 2.50 bits per heavy atom. The summed E-state index contributed by atoms with van der Waals surface area (Å²) in [5, 5.41) is 35.7. The molecule has 36 heavy (non-hydrogen) atoms. The van der Waals surface area contributed by atoms with Crippen molar-refractivity contribution in [1.82, 2.24) is 10.5 Å². The fraction of sp³-hybridized carbons (Fsp3) is 0.192. The standard InChI is InChI=1S/C22H22N2O3S.C4H4O4/c1-22(25,14-23-13-16-6-3-2-4-7-16)15-26-18-9-5-8-17(12-18)20-21-19(27-24-20)10-11-28-21;5-3(6)1-2-4(7)8/h2-12,23,25H,13-15H2,1H3;1-2H,(H,5,6)(H,7,8)/b;2-1-/t22-;/m1./s1. The fourth-order valence-corrected chi connectivity index (χ4v) is 3.92. The Bertz CT molecular complexity index is 1300. The van der Waals surface area contributed by atoms with Crippen molar-refractivity contribution in [3.8, 4) is 17.0 Å². The monoisotopic (exact) mass is 510 g/mol. The number of hydrogen-bond donors (Lipinski definition) is 4. The molecule has 2 heterocycles. The fourth-order valence-electron chi connectivity index (χ4n) is 3.10. The SMILES string of the molecule is C[C@@](O)(CNCc1ccccc1)COc1cccc(-c2noc3ccsc23)c1.O=C(O)/C=C\C(=O)O. The van der Waals surface area contributed by atoms with E-state index in [0.717, 1.165) is 21.5 Å². The van der Waals surface area contributed by atoms with E-state index in [-0.39, 0.29) is 6.61 Å². The summed E-state index contributed by atoms with van der Waals surface area (Å²) in [6.07, 6.45) is 1.12. The van der Waals surface area contributed by atoms with Gasteiger partial charge in [-0.05, 0) is 36.1 Å². The Kier molecular flexibility index (Phi) is 9.34. The van der Waals surface area contributed by atoms with E-state index in [2.05, 4.69) is 22.6 Å². The van der Waals surface area contributed by atoms with Gasteiger partial charge in [-0.25, -0.2) is 9.59 Å². The smallest absolute Gasteiger partial charge is 0.328 e. The number of carbonyl (C=O) groups is 2. The first-order chi connectivity index (χ1) is 17.2. The van der Waals surface area contributed by atoms with Crippen LogP contribution in [0.2, 0.25) is 0 Å². The molecule has 4 rings (SSSR count). The number of ether oxygens (including phenoxy) is 1. The van der Waals surface area contributed by atoms with Crippen molar-refractivity contribution in [2.24, 2.45) is 0 Å². The highest BCUT2D eigenvalue weighted by Gasteiger charge is 2.21. The topological polar surface area (TPSA) is 142 Å². The summed E-state index contributed by atoms with van der Waals surface area (Å²) in [6, 6.07) is 19.7. The van der Waals surface area contributed by atoms with E-state index in [9.17, 15) is 14.7 Å². The number of thiophene rings is 1. The molecule has 0 unspecified atom stereocenters. The van der Waals surface area contributed by atoms with Gasteiger partial charge in [0.1, 0.15) is 28.4 Å². The summed E-state index contributed by atoms with van der Waals surface area (Å²) >= 11 is 1.60. The van der Waals surface area contributed by atoms with Gasteiger partial charge >= 0.3 is 11.9 Å². The van der Waals surface area contributed by atoms with Gasteiger partial charge < -0.3 is 29.9 Å². The molecule has 0 saturated carbocycles. The van der Waals surface area contributed by atoms with Crippen LogP contribution in [0.25, 0.3) is 21.5 Å². The van der Waals surface area contributed by atoms with Gasteiger partial charge in [0.05, 0.1) is 0 Å². The minimum atomic E-state index is -1.26. The molecule has 2 aromatic carbocycles. The lowest BCUT2D eigenvalue weighted by molar-refractivity contribution is -0.134. The predicted octanol–water partition coefficient (Wildman–Crippen LogP) is 4.19. The molecule has 0 fully saturated rings. The van der Waals surface area contributed by atoms with Gasteiger partial charge in [0.2, 0.25) is 0 Å². The summed E-state index contributed by atoms with van der Waals surface area (Å²) in [4.78, 5) is 19.1. The van der Waals surface area contributed by atoms with Crippen LogP contribution in [0.5, 0.6) is 5.75 Å². The number of carboxylic acids is 2. The van der Waals surface area contributed by atoms with Crippen LogP contribution in [0.4, 0.5) is 0 Å². The van der Waals surface area contributed by atoms with E-state index >= 15 is 0 Å². The van der Waals surface area contributed by atoms with Crippen molar-refractivity contribution in [2.45, 2.75) is 19.1 Å². The average Bonchev–Trinajstić information content (AvgIpc) is 3.47. The van der Waals surface area contributed by atoms with Crippen LogP contribution < -0.4 is 10.1 Å². The van der Waals surface area contributed by atoms with E-state index < -0.39 is 17.5 Å². The summed E-state index contributed by atoms with van der Waals surface area (Å²) in [7, 11) is 0. The number of aliphatic hydroxyl groups is 1. The van der Waals surface area contributed by atoms with Crippen LogP contribution in [0.3, 0.4) is 0 Å². The minimum absolute atomic E-state index is 0.186. The molecular formula is C26H26N2O7S. The van der Waals surface area contributed by atoms with Gasteiger partial charge in [-0.2, -0.15) is 0 Å². The van der Waals surface area contributed by atoms with E-state index in [1.807, 2.05) is 53.9 Å². The first kappa shape index (κ1) is 26.6. The largest absolute Gasteiger partial charge is 0.491 e. The van der Waals surface area contributed by atoms with E-state index in [1.165, 1.54) is 5.56 Å². The number of rotatable bonds is 10. The molecule has 0 bridgehead atoms. The maximum Gasteiger partial charge on any atom is 0.328 e. The predicted molar refractivity (Wildman–Crippen MR) is 136 cm³/mol. The Labute approximate surface area is 211 Å². The zero-order valence-corrected chi connectivity index (χ0v) is 20.3. The van der Waals surface area contributed by atoms with Crippen molar-refractivity contribution in [3.63, 3.8) is 0 Å². The Balaban J connectivity index is 0.000000392. The third kappa shape index (κ3) is 8.35. The summed E-state index contributed by atoms with van der Waals surface area (Å²) in [5.74, 6) is -1.83. The molecule has 0 radical (unpaired) electrons. The molecule has 4 aromatic rings. The maximum absolute atomic E-state index is 10.6. The normalized spacial score (nSPS) is 12.6. The molecule has 188 valence electrons. The van der Waals surface area contributed by atoms with E-state index in [4.69, 9.17) is 19.5 Å². The second-order valence-electron chi connectivity index (χ2n) is 8.06. The molecule has 0 aliphatic rings. The van der Waals surface area contributed by atoms with Crippen molar-refractivity contribution >= 4 is 33.6 Å². The van der Waals surface area contributed by atoms with Crippen LogP contribution in [0.1, 0.15) is 12.5 Å². The first-order valence-electron chi connectivity index (χ1n) is 10.9. The average molecular weight is 511 g/mol. The molecule has 0 spiro atoms. The van der Waals surface area contributed by atoms with Crippen LogP contribution in [0.15, 0.2) is 82.7 Å². The van der Waals surface area contributed by atoms with Crippen molar-refractivity contribution in [1.29, 1.82) is 0 Å². The van der Waals surface area contributed by atoms with Crippen LogP contribution >= 0.6 is 11.3 Å². The maximum atomic E-state index is 10.6. The number of nitrogens with zero attached hydrogens (tertiary/aromatic N) is 1. The summed E-state index contributed by atoms with van der Waals surface area (Å²) in [6.45, 7) is 3.09. The van der Waals surface area contributed by atoms with Crippen molar-refractivity contribution in [2.75, 3.05) is 13.2 Å². The lowest BCUT2D eigenvalue weighted by Gasteiger charge is -2.24. The highest BCUT2D eigenvalue weighted by Crippen LogP contribution is 2.33. The molecule has 10 heteroatoms. The Hall–Kier alpha value is -3.99. The third-order valence-corrected chi connectivity index (χ3v) is 5.69. The second-order valence-corrected chi connectivity index (χ2v) is 8.97. The minimum Gasteiger partial charge on any atom is -0.491 e. The molecule has 0 saturated heterocycles. The number of nitrogens with one attached hydrogen (secondary N) is 1. The van der Waals surface area contributed by atoms with Gasteiger partial charge in [0, 0.05) is 30.8 Å². The van der Waals surface area contributed by atoms with E-state index in [1.54, 1.807) is 18.3 Å².